The highest BCUT2D eigenvalue weighted by atomic mass is 79.9. The molecule has 94 valence electrons. The van der Waals surface area contributed by atoms with Crippen molar-refractivity contribution in [3.05, 3.63) is 55.3 Å². The van der Waals surface area contributed by atoms with Crippen LogP contribution in [-0.2, 0) is 6.54 Å². The summed E-state index contributed by atoms with van der Waals surface area (Å²) in [5.74, 6) is 0.774. The molecule has 0 fully saturated rings. The van der Waals surface area contributed by atoms with Crippen LogP contribution in [0.5, 0.6) is 0 Å². The summed E-state index contributed by atoms with van der Waals surface area (Å²) in [6.45, 7) is 0.510. The number of hydrogen-bond acceptors (Lipinski definition) is 4. The summed E-state index contributed by atoms with van der Waals surface area (Å²) < 4.78 is 6.44. The van der Waals surface area contributed by atoms with Gasteiger partial charge in [-0.1, -0.05) is 0 Å². The van der Waals surface area contributed by atoms with Gasteiger partial charge in [0.15, 0.2) is 4.67 Å². The summed E-state index contributed by atoms with van der Waals surface area (Å²) in [5.41, 5.74) is 0.821. The summed E-state index contributed by atoms with van der Waals surface area (Å²) in [6.07, 6.45) is 0. The van der Waals surface area contributed by atoms with E-state index in [0.29, 0.717) is 15.7 Å². The van der Waals surface area contributed by atoms with Crippen molar-refractivity contribution >= 4 is 43.2 Å². The molecule has 0 aliphatic rings. The molecule has 0 spiro atoms. The van der Waals surface area contributed by atoms with Crippen LogP contribution in [0.25, 0.3) is 0 Å². The largest absolute Gasteiger partial charge is 0.452 e. The second kappa shape index (κ2) is 5.53. The van der Waals surface area contributed by atoms with Crippen LogP contribution in [0.3, 0.4) is 0 Å². The Morgan fingerprint density at radius 3 is 2.61 bits per heavy atom. The Kier molecular flexibility index (Phi) is 4.03. The molecule has 0 saturated carbocycles. The molecule has 18 heavy (non-hydrogen) atoms. The molecule has 1 aromatic carbocycles. The zero-order valence-electron chi connectivity index (χ0n) is 9.02. The van der Waals surface area contributed by atoms with Gasteiger partial charge in [-0.15, -0.1) is 0 Å². The predicted molar refractivity (Wildman–Crippen MR) is 74.5 cm³/mol. The lowest BCUT2D eigenvalue weighted by Crippen LogP contribution is -1.98. The maximum Gasteiger partial charge on any atom is 0.283 e. The van der Waals surface area contributed by atoms with E-state index in [2.05, 4.69) is 37.2 Å². The van der Waals surface area contributed by atoms with Crippen LogP contribution in [0, 0.1) is 10.1 Å². The Labute approximate surface area is 120 Å². The molecule has 0 saturated heterocycles. The van der Waals surface area contributed by atoms with Gasteiger partial charge in [0, 0.05) is 11.8 Å². The molecule has 1 N–H and O–H groups in total. The molecule has 0 aliphatic carbocycles. The van der Waals surface area contributed by atoms with E-state index in [1.54, 1.807) is 12.1 Å². The van der Waals surface area contributed by atoms with Crippen LogP contribution < -0.4 is 5.32 Å². The fourth-order valence-corrected chi connectivity index (χ4v) is 2.26. The lowest BCUT2D eigenvalue weighted by atomic mass is 10.3. The Morgan fingerprint density at radius 1 is 1.28 bits per heavy atom. The number of nitrogens with zero attached hydrogens (tertiary/aromatic N) is 1. The highest BCUT2D eigenvalue weighted by Crippen LogP contribution is 2.28. The van der Waals surface area contributed by atoms with E-state index in [0.717, 1.165) is 11.4 Å². The number of nitro groups is 1. The van der Waals surface area contributed by atoms with E-state index in [-0.39, 0.29) is 5.69 Å². The van der Waals surface area contributed by atoms with Crippen molar-refractivity contribution in [2.45, 2.75) is 6.54 Å². The van der Waals surface area contributed by atoms with Crippen molar-refractivity contribution in [3.63, 3.8) is 0 Å². The third kappa shape index (κ3) is 3.11. The van der Waals surface area contributed by atoms with Crippen molar-refractivity contribution in [2.75, 3.05) is 5.32 Å². The van der Waals surface area contributed by atoms with Gasteiger partial charge in [-0.05, 0) is 56.1 Å². The number of benzene rings is 1. The molecule has 2 aromatic rings. The molecule has 2 rings (SSSR count). The minimum Gasteiger partial charge on any atom is -0.452 e. The maximum absolute atomic E-state index is 10.7. The number of anilines is 1. The summed E-state index contributed by atoms with van der Waals surface area (Å²) in [7, 11) is 0. The molecular weight excluding hydrogens is 368 g/mol. The number of furan rings is 1. The summed E-state index contributed by atoms with van der Waals surface area (Å²) in [6, 6.07) is 8.42. The van der Waals surface area contributed by atoms with Crippen LogP contribution in [0.1, 0.15) is 5.76 Å². The van der Waals surface area contributed by atoms with Gasteiger partial charge >= 0.3 is 0 Å². The van der Waals surface area contributed by atoms with Gasteiger partial charge in [-0.2, -0.15) is 0 Å². The van der Waals surface area contributed by atoms with Gasteiger partial charge in [-0.25, -0.2) is 0 Å². The van der Waals surface area contributed by atoms with Crippen molar-refractivity contribution in [1.29, 1.82) is 0 Å². The monoisotopic (exact) mass is 374 g/mol. The Hall–Kier alpha value is -1.34. The first-order valence-electron chi connectivity index (χ1n) is 4.98. The molecule has 0 atom stereocenters. The smallest absolute Gasteiger partial charge is 0.283 e. The third-order valence-corrected chi connectivity index (χ3v) is 3.30. The number of rotatable bonds is 4. The molecular formula is C11H8Br2N2O3. The first-order valence-corrected chi connectivity index (χ1v) is 6.57. The first kappa shape index (κ1) is 13.1. The molecule has 1 aromatic heterocycles. The van der Waals surface area contributed by atoms with E-state index >= 15 is 0 Å². The Morgan fingerprint density at radius 2 is 2.06 bits per heavy atom. The first-order chi connectivity index (χ1) is 8.56. The van der Waals surface area contributed by atoms with Gasteiger partial charge in [0.2, 0.25) is 0 Å². The Balaban J connectivity index is 2.06. The average molecular weight is 376 g/mol. The molecule has 0 bridgehead atoms. The highest BCUT2D eigenvalue weighted by molar-refractivity contribution is 9.10. The predicted octanol–water partition coefficient (Wildman–Crippen LogP) is 4.32. The van der Waals surface area contributed by atoms with Crippen molar-refractivity contribution in [2.24, 2.45) is 0 Å². The Bertz CT molecular complexity index is 583. The van der Waals surface area contributed by atoms with Crippen molar-refractivity contribution < 1.29 is 9.34 Å². The molecule has 0 amide bonds. The minimum absolute atomic E-state index is 0.0429. The number of nitrogens with one attached hydrogen (secondary N) is 1. The van der Waals surface area contributed by atoms with Crippen LogP contribution >= 0.6 is 31.9 Å². The molecule has 0 radical (unpaired) electrons. The van der Waals surface area contributed by atoms with Gasteiger partial charge in [0.1, 0.15) is 5.76 Å². The second-order valence-corrected chi connectivity index (χ2v) is 5.12. The average Bonchev–Trinajstić information content (AvgIpc) is 2.72. The summed E-state index contributed by atoms with van der Waals surface area (Å²) in [4.78, 5) is 10.2. The quantitative estimate of drug-likeness (QED) is 0.638. The van der Waals surface area contributed by atoms with Crippen LogP contribution in [0.2, 0.25) is 0 Å². The van der Waals surface area contributed by atoms with E-state index in [1.807, 2.05) is 12.1 Å². The van der Waals surface area contributed by atoms with Gasteiger partial charge in [-0.3, -0.25) is 10.1 Å². The fraction of sp³-hybridized carbons (Fsp3) is 0.0909. The van der Waals surface area contributed by atoms with E-state index in [1.165, 1.54) is 6.07 Å². The molecule has 5 nitrogen and oxygen atoms in total. The number of hydrogen-bond donors (Lipinski definition) is 1. The van der Waals surface area contributed by atoms with E-state index in [4.69, 9.17) is 4.42 Å². The molecule has 7 heteroatoms. The minimum atomic E-state index is -0.433. The van der Waals surface area contributed by atoms with Crippen LogP contribution in [-0.4, -0.2) is 4.92 Å². The molecule has 0 aliphatic heterocycles. The van der Waals surface area contributed by atoms with Gasteiger partial charge < -0.3 is 9.73 Å². The lowest BCUT2D eigenvalue weighted by molar-refractivity contribution is -0.385. The van der Waals surface area contributed by atoms with Crippen molar-refractivity contribution in [1.82, 2.24) is 0 Å². The van der Waals surface area contributed by atoms with Crippen LogP contribution in [0.4, 0.5) is 11.4 Å². The summed E-state index contributed by atoms with van der Waals surface area (Å²) in [5, 5.41) is 13.8. The van der Waals surface area contributed by atoms with Gasteiger partial charge in [0.05, 0.1) is 15.9 Å². The number of nitro benzene ring substituents is 1. The standard InChI is InChI=1S/C11H8Br2N2O3/c12-9-5-7(1-3-10(9)15(16)17)14-6-8-2-4-11(13)18-8/h1-5,14H,6H2. The molecule has 0 unspecified atom stereocenters. The zero-order chi connectivity index (χ0) is 13.1. The SMILES string of the molecule is O=[N+]([O-])c1ccc(NCc2ccc(Br)o2)cc1Br. The third-order valence-electron chi connectivity index (χ3n) is 2.24. The highest BCUT2D eigenvalue weighted by Gasteiger charge is 2.11. The second-order valence-electron chi connectivity index (χ2n) is 3.48. The van der Waals surface area contributed by atoms with Crippen LogP contribution in [0.15, 0.2) is 43.9 Å². The fourth-order valence-electron chi connectivity index (χ4n) is 1.40. The maximum atomic E-state index is 10.7. The van der Waals surface area contributed by atoms with Gasteiger partial charge in [0.25, 0.3) is 5.69 Å². The van der Waals surface area contributed by atoms with E-state index in [9.17, 15) is 10.1 Å². The number of halogens is 2. The topological polar surface area (TPSA) is 68.3 Å². The zero-order valence-corrected chi connectivity index (χ0v) is 12.2. The van der Waals surface area contributed by atoms with E-state index < -0.39 is 4.92 Å². The molecule has 1 heterocycles. The summed E-state index contributed by atoms with van der Waals surface area (Å²) >= 11 is 6.38. The lowest BCUT2D eigenvalue weighted by Gasteiger charge is -2.05. The van der Waals surface area contributed by atoms with Crippen molar-refractivity contribution in [3.8, 4) is 0 Å². The normalized spacial score (nSPS) is 10.3.